The van der Waals surface area contributed by atoms with E-state index in [4.69, 9.17) is 21.1 Å². The zero-order chi connectivity index (χ0) is 24.1. The highest BCUT2D eigenvalue weighted by Gasteiger charge is 2.28. The number of nitrogens with one attached hydrogen (secondary N) is 1. The largest absolute Gasteiger partial charge is 0.495 e. The molecule has 1 N–H and O–H groups in total. The van der Waals surface area contributed by atoms with E-state index >= 15 is 0 Å². The zero-order valence-electron chi connectivity index (χ0n) is 19.5. The monoisotopic (exact) mass is 469 g/mol. The Labute approximate surface area is 199 Å². The number of carbonyl (C=O) groups excluding carboxylic acids is 1. The van der Waals surface area contributed by atoms with Crippen molar-refractivity contribution in [2.45, 2.75) is 20.0 Å². The molecule has 0 aliphatic carbocycles. The molecule has 2 aromatic carbocycles. The molecule has 0 fully saturated rings. The lowest BCUT2D eigenvalue weighted by Gasteiger charge is -2.15. The van der Waals surface area contributed by atoms with Crippen molar-refractivity contribution in [1.82, 2.24) is 9.80 Å². The number of fused-ring (bicyclic) bond motifs is 1. The van der Waals surface area contributed by atoms with Gasteiger partial charge in [-0.1, -0.05) is 29.8 Å². The average molecular weight is 470 g/mol. The second kappa shape index (κ2) is 10.5. The topological polar surface area (TPSA) is 78.8 Å². The van der Waals surface area contributed by atoms with Crippen LogP contribution >= 0.6 is 11.6 Å². The summed E-state index contributed by atoms with van der Waals surface area (Å²) in [6.45, 7) is 6.55. The van der Waals surface area contributed by atoms with Gasteiger partial charge in [0.05, 0.1) is 23.4 Å². The summed E-state index contributed by atoms with van der Waals surface area (Å²) in [4.78, 5) is 24.6. The maximum Gasteiger partial charge on any atom is 0.258 e. The van der Waals surface area contributed by atoms with Crippen molar-refractivity contribution in [3.63, 3.8) is 0 Å². The van der Waals surface area contributed by atoms with Gasteiger partial charge in [-0.2, -0.15) is 4.99 Å². The minimum absolute atomic E-state index is 0.102. The molecule has 1 aliphatic heterocycles. The van der Waals surface area contributed by atoms with Crippen molar-refractivity contribution in [2.75, 3.05) is 33.6 Å². The lowest BCUT2D eigenvalue weighted by atomic mass is 10.1. The van der Waals surface area contributed by atoms with Crippen LogP contribution < -0.4 is 14.8 Å². The molecule has 0 atom stereocenters. The summed E-state index contributed by atoms with van der Waals surface area (Å²) in [7, 11) is 7.34. The SMILES string of the molecule is C=N/C(=N\C(Oc1cccc2c1C(=O)N(C)C2)=C(/C)Cl)Nc1ccc(CN(C)C)cc1OC. The summed E-state index contributed by atoms with van der Waals surface area (Å²) in [5.41, 5.74) is 3.15. The quantitative estimate of drug-likeness (QED) is 0.371. The third kappa shape index (κ3) is 5.71. The van der Waals surface area contributed by atoms with Gasteiger partial charge in [0.15, 0.2) is 0 Å². The Morgan fingerprint density at radius 3 is 2.67 bits per heavy atom. The van der Waals surface area contributed by atoms with Crippen LogP contribution in [0.15, 0.2) is 57.3 Å². The molecule has 33 heavy (non-hydrogen) atoms. The fourth-order valence-corrected chi connectivity index (χ4v) is 3.53. The van der Waals surface area contributed by atoms with E-state index in [1.54, 1.807) is 32.0 Å². The standard InChI is InChI=1S/C24H28ClN5O3/c1-15(25)22(33-19-9-7-8-17-14-30(5)23(31)21(17)19)28-24(26-2)27-18-11-10-16(13-29(3)4)12-20(18)32-6/h7-12H,2,13-14H2,1,3-6H3,(H,27,28)/b22-15-. The number of carbonyl (C=O) groups is 1. The maximum atomic E-state index is 12.6. The minimum atomic E-state index is -0.112. The summed E-state index contributed by atoms with van der Waals surface area (Å²) in [6.07, 6.45) is 0. The predicted octanol–water partition coefficient (Wildman–Crippen LogP) is 4.32. The van der Waals surface area contributed by atoms with E-state index in [1.807, 2.05) is 44.4 Å². The van der Waals surface area contributed by atoms with E-state index in [0.717, 1.165) is 17.7 Å². The molecule has 1 amide bonds. The maximum absolute atomic E-state index is 12.6. The molecule has 0 saturated heterocycles. The summed E-state index contributed by atoms with van der Waals surface area (Å²) in [5.74, 6) is 1.17. The molecule has 1 aliphatic rings. The molecular formula is C24H28ClN5O3. The van der Waals surface area contributed by atoms with Gasteiger partial charge in [0.1, 0.15) is 11.5 Å². The first kappa shape index (κ1) is 24.3. The fraction of sp³-hybridized carbons (Fsp3) is 0.292. The van der Waals surface area contributed by atoms with Crippen LogP contribution in [-0.4, -0.2) is 56.6 Å². The Balaban J connectivity index is 1.89. The molecule has 9 heteroatoms. The van der Waals surface area contributed by atoms with Gasteiger partial charge >= 0.3 is 0 Å². The first-order valence-corrected chi connectivity index (χ1v) is 10.7. The van der Waals surface area contributed by atoms with Gasteiger partial charge < -0.3 is 24.6 Å². The average Bonchev–Trinajstić information content (AvgIpc) is 3.07. The molecule has 0 unspecified atom stereocenters. The van der Waals surface area contributed by atoms with Crippen molar-refractivity contribution >= 4 is 35.9 Å². The highest BCUT2D eigenvalue weighted by Crippen LogP contribution is 2.32. The van der Waals surface area contributed by atoms with Crippen molar-refractivity contribution in [3.8, 4) is 11.5 Å². The number of aliphatic imine (C=N–C) groups is 2. The third-order valence-corrected chi connectivity index (χ3v) is 5.11. The molecule has 1 heterocycles. The number of ether oxygens (including phenoxy) is 2. The number of hydrogen-bond acceptors (Lipinski definition) is 5. The first-order valence-electron chi connectivity index (χ1n) is 10.3. The molecule has 0 saturated carbocycles. The highest BCUT2D eigenvalue weighted by molar-refractivity contribution is 6.29. The van der Waals surface area contributed by atoms with Gasteiger partial charge in [-0.3, -0.25) is 4.79 Å². The first-order chi connectivity index (χ1) is 15.7. The molecule has 0 radical (unpaired) electrons. The number of anilines is 1. The molecule has 2 aromatic rings. The lowest BCUT2D eigenvalue weighted by molar-refractivity contribution is 0.0814. The van der Waals surface area contributed by atoms with Crippen LogP contribution in [0.25, 0.3) is 0 Å². The number of methoxy groups -OCH3 is 1. The Bertz CT molecular complexity index is 1120. The summed E-state index contributed by atoms with van der Waals surface area (Å²) < 4.78 is 11.5. The molecular weight excluding hydrogens is 442 g/mol. The molecule has 0 bridgehead atoms. The molecule has 0 aromatic heterocycles. The van der Waals surface area contributed by atoms with Crippen LogP contribution in [0, 0.1) is 0 Å². The van der Waals surface area contributed by atoms with E-state index in [2.05, 4.69) is 26.9 Å². The highest BCUT2D eigenvalue weighted by atomic mass is 35.5. The summed E-state index contributed by atoms with van der Waals surface area (Å²) >= 11 is 6.27. The third-order valence-electron chi connectivity index (χ3n) is 4.95. The number of rotatable bonds is 7. The smallest absolute Gasteiger partial charge is 0.258 e. The molecule has 174 valence electrons. The van der Waals surface area contributed by atoms with E-state index in [-0.39, 0.29) is 17.7 Å². The van der Waals surface area contributed by atoms with Gasteiger partial charge in [-0.05, 0) is 57.1 Å². The molecule has 0 spiro atoms. The van der Waals surface area contributed by atoms with Gasteiger partial charge in [-0.15, -0.1) is 0 Å². The number of allylic oxidation sites excluding steroid dienone is 1. The van der Waals surface area contributed by atoms with E-state index in [1.165, 1.54) is 0 Å². The van der Waals surface area contributed by atoms with Crippen molar-refractivity contribution < 1.29 is 14.3 Å². The molecule has 8 nitrogen and oxygen atoms in total. The van der Waals surface area contributed by atoms with Crippen LogP contribution in [0.2, 0.25) is 0 Å². The van der Waals surface area contributed by atoms with Crippen molar-refractivity contribution in [3.05, 3.63) is 64.0 Å². The van der Waals surface area contributed by atoms with Crippen molar-refractivity contribution in [2.24, 2.45) is 9.98 Å². The second-order valence-electron chi connectivity index (χ2n) is 7.88. The number of benzene rings is 2. The summed E-state index contributed by atoms with van der Waals surface area (Å²) in [6, 6.07) is 11.3. The fourth-order valence-electron chi connectivity index (χ4n) is 3.45. The van der Waals surface area contributed by atoms with Gasteiger partial charge in [-0.25, -0.2) is 4.99 Å². The Hall–Kier alpha value is -3.36. The van der Waals surface area contributed by atoms with Gasteiger partial charge in [0.25, 0.3) is 5.91 Å². The number of hydrogen-bond donors (Lipinski definition) is 1. The van der Waals surface area contributed by atoms with Gasteiger partial charge in [0, 0.05) is 20.1 Å². The van der Waals surface area contributed by atoms with E-state index in [0.29, 0.717) is 34.3 Å². The lowest BCUT2D eigenvalue weighted by Crippen LogP contribution is -2.18. The Kier molecular flexibility index (Phi) is 7.73. The van der Waals surface area contributed by atoms with E-state index in [9.17, 15) is 4.79 Å². The van der Waals surface area contributed by atoms with Crippen molar-refractivity contribution in [1.29, 1.82) is 0 Å². The Morgan fingerprint density at radius 1 is 1.27 bits per heavy atom. The second-order valence-corrected chi connectivity index (χ2v) is 8.45. The number of guanidine groups is 1. The molecule has 3 rings (SSSR count). The van der Waals surface area contributed by atoms with Crippen LogP contribution in [-0.2, 0) is 13.1 Å². The Morgan fingerprint density at radius 2 is 2.03 bits per heavy atom. The van der Waals surface area contributed by atoms with Crippen LogP contribution in [0.3, 0.4) is 0 Å². The predicted molar refractivity (Wildman–Crippen MR) is 132 cm³/mol. The van der Waals surface area contributed by atoms with Crippen LogP contribution in [0.5, 0.6) is 11.5 Å². The number of nitrogens with zero attached hydrogens (tertiary/aromatic N) is 4. The van der Waals surface area contributed by atoms with Crippen LogP contribution in [0.4, 0.5) is 5.69 Å². The number of halogens is 1. The summed E-state index contributed by atoms with van der Waals surface area (Å²) in [5, 5.41) is 3.40. The minimum Gasteiger partial charge on any atom is -0.495 e. The number of amides is 1. The van der Waals surface area contributed by atoms with Crippen LogP contribution in [0.1, 0.15) is 28.4 Å². The van der Waals surface area contributed by atoms with Gasteiger partial charge in [0.2, 0.25) is 11.8 Å². The normalized spacial score (nSPS) is 14.2. The van der Waals surface area contributed by atoms with E-state index < -0.39 is 0 Å². The zero-order valence-corrected chi connectivity index (χ0v) is 20.2.